The Bertz CT molecular complexity index is 1040. The molecule has 0 N–H and O–H groups in total. The summed E-state index contributed by atoms with van der Waals surface area (Å²) in [5.74, 6) is -0.0369. The van der Waals surface area contributed by atoms with Crippen LogP contribution in [0.4, 0.5) is 5.69 Å². The van der Waals surface area contributed by atoms with Crippen molar-refractivity contribution in [2.75, 3.05) is 44.7 Å². The normalized spacial score (nSPS) is 20.5. The van der Waals surface area contributed by atoms with Crippen LogP contribution in [0.2, 0.25) is 0 Å². The highest BCUT2D eigenvalue weighted by atomic mass is 16.2. The Hall–Kier alpha value is -3.19. The summed E-state index contributed by atoms with van der Waals surface area (Å²) < 4.78 is 0. The molecule has 0 unspecified atom stereocenters. The SMILES string of the molecule is CN1CCN(C(=O)CCCN2C(=O)c3ccccc3N3C(=O)c4ccccc4[C@H]23)CC1. The summed E-state index contributed by atoms with van der Waals surface area (Å²) in [6.07, 6.45) is 0.516. The molecule has 3 aliphatic heterocycles. The van der Waals surface area contributed by atoms with E-state index in [-0.39, 0.29) is 17.7 Å². The van der Waals surface area contributed by atoms with Gasteiger partial charge in [-0.2, -0.15) is 0 Å². The molecule has 5 rings (SSSR count). The van der Waals surface area contributed by atoms with E-state index in [0.717, 1.165) is 31.7 Å². The molecule has 0 bridgehead atoms. The molecule has 0 radical (unpaired) electrons. The van der Waals surface area contributed by atoms with E-state index in [4.69, 9.17) is 0 Å². The van der Waals surface area contributed by atoms with Crippen LogP contribution in [0.1, 0.15) is 45.3 Å². The molecule has 1 fully saturated rings. The van der Waals surface area contributed by atoms with Gasteiger partial charge in [-0.15, -0.1) is 0 Å². The highest BCUT2D eigenvalue weighted by molar-refractivity contribution is 6.16. The van der Waals surface area contributed by atoms with E-state index >= 15 is 0 Å². The van der Waals surface area contributed by atoms with Gasteiger partial charge in [0.1, 0.15) is 6.17 Å². The lowest BCUT2D eigenvalue weighted by molar-refractivity contribution is -0.132. The molecule has 3 amide bonds. The largest absolute Gasteiger partial charge is 0.340 e. The Morgan fingerprint density at radius 2 is 1.58 bits per heavy atom. The van der Waals surface area contributed by atoms with E-state index in [1.165, 1.54) is 0 Å². The number of hydrogen-bond acceptors (Lipinski definition) is 4. The fraction of sp³-hybridized carbons (Fsp3) is 0.375. The van der Waals surface area contributed by atoms with Crippen molar-refractivity contribution in [1.29, 1.82) is 0 Å². The van der Waals surface area contributed by atoms with E-state index < -0.39 is 6.17 Å². The van der Waals surface area contributed by atoms with E-state index in [0.29, 0.717) is 36.2 Å². The quantitative estimate of drug-likeness (QED) is 0.765. The first-order valence-electron chi connectivity index (χ1n) is 10.8. The molecular weight excluding hydrogens is 392 g/mol. The van der Waals surface area contributed by atoms with E-state index in [2.05, 4.69) is 11.9 Å². The van der Waals surface area contributed by atoms with Crippen LogP contribution in [-0.2, 0) is 4.79 Å². The molecule has 7 nitrogen and oxygen atoms in total. The third kappa shape index (κ3) is 3.29. The topological polar surface area (TPSA) is 64.2 Å². The first-order chi connectivity index (χ1) is 15.1. The Morgan fingerprint density at radius 3 is 2.35 bits per heavy atom. The van der Waals surface area contributed by atoms with E-state index in [1.807, 2.05) is 47.4 Å². The summed E-state index contributed by atoms with van der Waals surface area (Å²) in [5, 5.41) is 0. The number of piperazine rings is 1. The van der Waals surface area contributed by atoms with Crippen molar-refractivity contribution in [3.8, 4) is 0 Å². The van der Waals surface area contributed by atoms with Gasteiger partial charge in [0.05, 0.1) is 11.3 Å². The second-order valence-electron chi connectivity index (χ2n) is 8.44. The molecule has 3 aliphatic rings. The van der Waals surface area contributed by atoms with Gasteiger partial charge >= 0.3 is 0 Å². The summed E-state index contributed by atoms with van der Waals surface area (Å²) in [7, 11) is 2.06. The number of amides is 3. The molecule has 2 aromatic carbocycles. The van der Waals surface area contributed by atoms with Gasteiger partial charge in [0.15, 0.2) is 0 Å². The number of anilines is 1. The standard InChI is InChI=1S/C24H26N4O3/c1-25-13-15-26(16-14-25)21(29)11-6-12-27-22-17-7-2-3-8-18(17)24(31)28(22)20-10-5-4-9-19(20)23(27)30/h2-5,7-10,22H,6,11-16H2,1H3/t22-/m1/s1. The number of carbonyl (C=O) groups is 3. The van der Waals surface area contributed by atoms with Crippen molar-refractivity contribution < 1.29 is 14.4 Å². The van der Waals surface area contributed by atoms with Crippen molar-refractivity contribution in [3.63, 3.8) is 0 Å². The maximum absolute atomic E-state index is 13.4. The highest BCUT2D eigenvalue weighted by Crippen LogP contribution is 2.45. The monoisotopic (exact) mass is 418 g/mol. The molecule has 0 spiro atoms. The van der Waals surface area contributed by atoms with Crippen LogP contribution in [0.25, 0.3) is 0 Å². The Labute approximate surface area is 181 Å². The Balaban J connectivity index is 1.37. The number of rotatable bonds is 4. The fourth-order valence-corrected chi connectivity index (χ4v) is 4.81. The summed E-state index contributed by atoms with van der Waals surface area (Å²) in [4.78, 5) is 46.8. The number of fused-ring (bicyclic) bond motifs is 5. The second-order valence-corrected chi connectivity index (χ2v) is 8.44. The molecule has 160 valence electrons. The second kappa shape index (κ2) is 7.81. The highest BCUT2D eigenvalue weighted by Gasteiger charge is 2.47. The minimum absolute atomic E-state index is 0.0842. The molecular formula is C24H26N4O3. The van der Waals surface area contributed by atoms with Gasteiger partial charge in [-0.1, -0.05) is 30.3 Å². The molecule has 0 aliphatic carbocycles. The maximum atomic E-state index is 13.4. The average molecular weight is 418 g/mol. The zero-order valence-corrected chi connectivity index (χ0v) is 17.7. The minimum atomic E-state index is -0.454. The molecule has 1 atom stereocenters. The van der Waals surface area contributed by atoms with Gasteiger partial charge in [0, 0.05) is 50.3 Å². The lowest BCUT2D eigenvalue weighted by atomic mass is 10.0. The molecule has 2 aromatic rings. The number of hydrogen-bond donors (Lipinski definition) is 0. The van der Waals surface area contributed by atoms with Gasteiger partial charge in [-0.25, -0.2) is 0 Å². The van der Waals surface area contributed by atoms with Crippen molar-refractivity contribution in [2.24, 2.45) is 0 Å². The van der Waals surface area contributed by atoms with Crippen molar-refractivity contribution >= 4 is 23.4 Å². The lowest BCUT2D eigenvalue weighted by Crippen LogP contribution is -2.49. The smallest absolute Gasteiger partial charge is 0.260 e. The predicted octanol–water partition coefficient (Wildman–Crippen LogP) is 2.36. The zero-order valence-electron chi connectivity index (χ0n) is 17.7. The van der Waals surface area contributed by atoms with Gasteiger partial charge in [-0.05, 0) is 31.7 Å². The molecule has 0 aromatic heterocycles. The van der Waals surface area contributed by atoms with Gasteiger partial charge < -0.3 is 14.7 Å². The minimum Gasteiger partial charge on any atom is -0.340 e. The zero-order chi connectivity index (χ0) is 21.5. The Kier molecular flexibility index (Phi) is 4.98. The van der Waals surface area contributed by atoms with Crippen LogP contribution in [0.3, 0.4) is 0 Å². The number of nitrogens with zero attached hydrogens (tertiary/aromatic N) is 4. The molecule has 7 heteroatoms. The van der Waals surface area contributed by atoms with Crippen LogP contribution in [0, 0.1) is 0 Å². The van der Waals surface area contributed by atoms with Crippen LogP contribution >= 0.6 is 0 Å². The van der Waals surface area contributed by atoms with Crippen LogP contribution in [0.5, 0.6) is 0 Å². The first kappa shape index (κ1) is 19.8. The lowest BCUT2D eigenvalue weighted by Gasteiger charge is -2.41. The van der Waals surface area contributed by atoms with Crippen molar-refractivity contribution in [2.45, 2.75) is 19.0 Å². The van der Waals surface area contributed by atoms with Crippen molar-refractivity contribution in [1.82, 2.24) is 14.7 Å². The van der Waals surface area contributed by atoms with Gasteiger partial charge in [0.25, 0.3) is 11.8 Å². The van der Waals surface area contributed by atoms with Gasteiger partial charge in [0.2, 0.25) is 5.91 Å². The number of benzene rings is 2. The third-order valence-electron chi connectivity index (χ3n) is 6.53. The van der Waals surface area contributed by atoms with Gasteiger partial charge in [-0.3, -0.25) is 19.3 Å². The number of para-hydroxylation sites is 1. The number of likely N-dealkylation sites (N-methyl/N-ethyl adjacent to an activating group) is 1. The van der Waals surface area contributed by atoms with Crippen LogP contribution < -0.4 is 4.90 Å². The summed E-state index contributed by atoms with van der Waals surface area (Å²) in [6, 6.07) is 14.8. The van der Waals surface area contributed by atoms with E-state index in [9.17, 15) is 14.4 Å². The number of carbonyl (C=O) groups excluding carboxylic acids is 3. The average Bonchev–Trinajstić information content (AvgIpc) is 3.09. The molecule has 3 heterocycles. The molecule has 0 saturated carbocycles. The first-order valence-corrected chi connectivity index (χ1v) is 10.8. The van der Waals surface area contributed by atoms with E-state index in [1.54, 1.807) is 15.9 Å². The molecule has 1 saturated heterocycles. The Morgan fingerprint density at radius 1 is 0.903 bits per heavy atom. The third-order valence-corrected chi connectivity index (χ3v) is 6.53. The van der Waals surface area contributed by atoms with Crippen LogP contribution in [0.15, 0.2) is 48.5 Å². The van der Waals surface area contributed by atoms with Crippen LogP contribution in [-0.4, -0.2) is 72.2 Å². The fourth-order valence-electron chi connectivity index (χ4n) is 4.81. The molecule has 31 heavy (non-hydrogen) atoms. The summed E-state index contributed by atoms with van der Waals surface area (Å²) in [6.45, 7) is 3.72. The summed E-state index contributed by atoms with van der Waals surface area (Å²) >= 11 is 0. The maximum Gasteiger partial charge on any atom is 0.260 e. The predicted molar refractivity (Wildman–Crippen MR) is 117 cm³/mol. The van der Waals surface area contributed by atoms with Crippen molar-refractivity contribution in [3.05, 3.63) is 65.2 Å². The summed E-state index contributed by atoms with van der Waals surface area (Å²) in [5.41, 5.74) is 2.67.